The van der Waals surface area contributed by atoms with Gasteiger partial charge < -0.3 is 20.7 Å². The highest BCUT2D eigenvalue weighted by Gasteiger charge is 2.08. The van der Waals surface area contributed by atoms with Crippen molar-refractivity contribution in [3.63, 3.8) is 0 Å². The molecule has 2 heterocycles. The molecule has 3 N–H and O–H groups in total. The number of hydrogen-bond acceptors (Lipinski definition) is 6. The van der Waals surface area contributed by atoms with Gasteiger partial charge in [0.1, 0.15) is 23.6 Å². The summed E-state index contributed by atoms with van der Waals surface area (Å²) in [5.74, 6) is 8.30. The largest absolute Gasteiger partial charge is 0.455 e. The molecule has 0 aliphatic carbocycles. The van der Waals surface area contributed by atoms with Crippen LogP contribution in [0.3, 0.4) is 0 Å². The number of nitrogens with zero attached hydrogens (tertiary/aromatic N) is 3. The minimum Gasteiger partial charge on any atom is -0.455 e. The molecule has 4 aromatic rings. The molecule has 0 fully saturated rings. The van der Waals surface area contributed by atoms with Gasteiger partial charge in [0, 0.05) is 28.9 Å². The lowest BCUT2D eigenvalue weighted by Crippen LogP contribution is -2.39. The summed E-state index contributed by atoms with van der Waals surface area (Å²) in [7, 11) is 0. The molecule has 0 saturated heterocycles. The molecular weight excluding hydrogens is 452 g/mol. The Labute approximate surface area is 210 Å². The first-order chi connectivity index (χ1) is 17.4. The predicted octanol–water partition coefficient (Wildman–Crippen LogP) is 5.24. The molecule has 2 amide bonds. The topological polar surface area (TPSA) is 101 Å². The van der Waals surface area contributed by atoms with Gasteiger partial charge >= 0.3 is 6.03 Å². The Morgan fingerprint density at radius 1 is 1.06 bits per heavy atom. The molecule has 0 aliphatic heterocycles. The summed E-state index contributed by atoms with van der Waals surface area (Å²) < 4.78 is 5.98. The van der Waals surface area contributed by atoms with E-state index in [1.807, 2.05) is 76.2 Å². The second-order valence-corrected chi connectivity index (χ2v) is 8.29. The van der Waals surface area contributed by atoms with Gasteiger partial charge in [-0.25, -0.2) is 14.8 Å². The zero-order valence-corrected chi connectivity index (χ0v) is 20.7. The van der Waals surface area contributed by atoms with Gasteiger partial charge in [0.2, 0.25) is 0 Å². The normalized spacial score (nSPS) is 11.2. The van der Waals surface area contributed by atoms with Gasteiger partial charge in [0.25, 0.3) is 0 Å². The lowest BCUT2D eigenvalue weighted by Gasteiger charge is -2.12. The maximum Gasteiger partial charge on any atom is 0.315 e. The molecule has 0 bridgehead atoms. The van der Waals surface area contributed by atoms with Crippen molar-refractivity contribution in [2.45, 2.75) is 33.7 Å². The van der Waals surface area contributed by atoms with Crippen molar-refractivity contribution in [2.75, 3.05) is 11.9 Å². The van der Waals surface area contributed by atoms with Crippen molar-refractivity contribution < 1.29 is 9.53 Å². The van der Waals surface area contributed by atoms with E-state index in [4.69, 9.17) is 4.74 Å². The molecule has 182 valence electrons. The lowest BCUT2D eigenvalue weighted by molar-refractivity contribution is 0.240. The molecule has 0 aliphatic rings. The van der Waals surface area contributed by atoms with Crippen LogP contribution in [-0.2, 0) is 0 Å². The lowest BCUT2D eigenvalue weighted by atomic mass is 10.1. The van der Waals surface area contributed by atoms with Gasteiger partial charge in [-0.15, -0.1) is 0 Å². The van der Waals surface area contributed by atoms with Crippen LogP contribution in [0.2, 0.25) is 0 Å². The highest BCUT2D eigenvalue weighted by Crippen LogP contribution is 2.29. The summed E-state index contributed by atoms with van der Waals surface area (Å²) in [5.41, 5.74) is 4.39. The fourth-order valence-corrected chi connectivity index (χ4v) is 3.49. The third-order valence-corrected chi connectivity index (χ3v) is 5.30. The Balaban J connectivity index is 1.53. The van der Waals surface area contributed by atoms with Gasteiger partial charge in [-0.2, -0.15) is 0 Å². The molecule has 8 nitrogen and oxygen atoms in total. The second kappa shape index (κ2) is 11.2. The Hall–Kier alpha value is -4.64. The van der Waals surface area contributed by atoms with Crippen molar-refractivity contribution in [3.05, 3.63) is 77.9 Å². The number of amides is 2. The van der Waals surface area contributed by atoms with E-state index in [-0.39, 0.29) is 12.1 Å². The molecular formula is C28H28N6O2. The molecule has 0 saturated carbocycles. The van der Waals surface area contributed by atoms with Gasteiger partial charge in [-0.3, -0.25) is 4.98 Å². The van der Waals surface area contributed by atoms with E-state index in [2.05, 4.69) is 42.7 Å². The summed E-state index contributed by atoms with van der Waals surface area (Å²) in [6.07, 6.45) is 3.24. The predicted molar refractivity (Wildman–Crippen MR) is 142 cm³/mol. The van der Waals surface area contributed by atoms with E-state index in [0.29, 0.717) is 18.1 Å². The van der Waals surface area contributed by atoms with Crippen LogP contribution in [0.4, 0.5) is 16.3 Å². The van der Waals surface area contributed by atoms with Crippen molar-refractivity contribution in [1.29, 1.82) is 0 Å². The number of ether oxygens (including phenoxy) is 1. The van der Waals surface area contributed by atoms with E-state index in [9.17, 15) is 4.79 Å². The summed E-state index contributed by atoms with van der Waals surface area (Å²) in [6, 6.07) is 14.9. The maximum atomic E-state index is 11.7. The van der Waals surface area contributed by atoms with E-state index in [1.54, 1.807) is 6.20 Å². The average Bonchev–Trinajstić information content (AvgIpc) is 2.86. The number of nitrogens with one attached hydrogen (secondary N) is 3. The average molecular weight is 481 g/mol. The maximum absolute atomic E-state index is 11.7. The number of hydrogen-bond donors (Lipinski definition) is 3. The summed E-state index contributed by atoms with van der Waals surface area (Å²) in [4.78, 5) is 24.8. The first-order valence-electron chi connectivity index (χ1n) is 11.7. The van der Waals surface area contributed by atoms with E-state index < -0.39 is 0 Å². The van der Waals surface area contributed by atoms with E-state index in [0.717, 1.165) is 39.2 Å². The van der Waals surface area contributed by atoms with Crippen LogP contribution in [-0.4, -0.2) is 33.6 Å². The second-order valence-electron chi connectivity index (χ2n) is 8.29. The van der Waals surface area contributed by atoms with Gasteiger partial charge in [0.05, 0.1) is 17.8 Å². The first-order valence-corrected chi connectivity index (χ1v) is 11.7. The van der Waals surface area contributed by atoms with Gasteiger partial charge in [-0.1, -0.05) is 11.8 Å². The first kappa shape index (κ1) is 24.5. The number of aryl methyl sites for hydroxylation is 2. The number of benzene rings is 2. The Kier molecular flexibility index (Phi) is 7.61. The van der Waals surface area contributed by atoms with Gasteiger partial charge in [0.15, 0.2) is 0 Å². The molecule has 1 unspecified atom stereocenters. The number of rotatable bonds is 6. The van der Waals surface area contributed by atoms with Crippen LogP contribution in [0, 0.1) is 25.7 Å². The monoisotopic (exact) mass is 480 g/mol. The van der Waals surface area contributed by atoms with Crippen molar-refractivity contribution in [3.8, 4) is 23.3 Å². The van der Waals surface area contributed by atoms with Crippen LogP contribution in [0.25, 0.3) is 10.9 Å². The van der Waals surface area contributed by atoms with Crippen molar-refractivity contribution in [2.24, 2.45) is 0 Å². The number of carbonyl (C=O) groups excluding carboxylic acids is 1. The van der Waals surface area contributed by atoms with Crippen LogP contribution in [0.5, 0.6) is 11.5 Å². The van der Waals surface area contributed by atoms with Crippen LogP contribution < -0.4 is 20.7 Å². The Morgan fingerprint density at radius 3 is 2.67 bits per heavy atom. The Morgan fingerprint density at radius 2 is 1.92 bits per heavy atom. The molecule has 2 aromatic heterocycles. The van der Waals surface area contributed by atoms with Crippen LogP contribution >= 0.6 is 0 Å². The highest BCUT2D eigenvalue weighted by atomic mass is 16.5. The quantitative estimate of drug-likeness (QED) is 0.327. The number of fused-ring (bicyclic) bond motifs is 1. The zero-order valence-electron chi connectivity index (χ0n) is 20.7. The molecule has 0 spiro atoms. The highest BCUT2D eigenvalue weighted by molar-refractivity contribution is 5.91. The third kappa shape index (κ3) is 6.27. The minimum absolute atomic E-state index is 0.236. The van der Waals surface area contributed by atoms with E-state index >= 15 is 0 Å². The Bertz CT molecular complexity index is 1440. The molecule has 1 atom stereocenters. The molecule has 4 rings (SSSR count). The number of carbonyl (C=O) groups is 1. The van der Waals surface area contributed by atoms with Crippen LogP contribution in [0.1, 0.15) is 30.7 Å². The fraction of sp³-hybridized carbons (Fsp3) is 0.214. The molecule has 2 aromatic carbocycles. The van der Waals surface area contributed by atoms with Crippen LogP contribution in [0.15, 0.2) is 61.1 Å². The third-order valence-electron chi connectivity index (χ3n) is 5.30. The number of anilines is 2. The van der Waals surface area contributed by atoms with Gasteiger partial charge in [-0.05, 0) is 81.8 Å². The summed E-state index contributed by atoms with van der Waals surface area (Å²) >= 11 is 0. The summed E-state index contributed by atoms with van der Waals surface area (Å²) in [5, 5.41) is 9.71. The fourth-order valence-electron chi connectivity index (χ4n) is 3.49. The number of pyridine rings is 1. The molecule has 8 heteroatoms. The number of urea groups is 1. The molecule has 36 heavy (non-hydrogen) atoms. The SMILES string of the molecule is CCNC(=O)NC(C)C#Cc1ccc2ncnc(Nc3ccc(Oc4ccc(C)nc4)c(C)c3)c2c1. The standard InChI is InChI=1S/C28H28N6O2/c1-5-29-28(35)33-20(4)6-8-21-9-12-25-24(15-21)27(32-17-31-25)34-22-10-13-26(18(2)14-22)36-23-11-7-19(3)30-16-23/h7,9-17,20H,5H2,1-4H3,(H2,29,33,35)(H,31,32,34). The molecule has 0 radical (unpaired) electrons. The number of aromatic nitrogens is 3. The van der Waals surface area contributed by atoms with Crippen molar-refractivity contribution in [1.82, 2.24) is 25.6 Å². The smallest absolute Gasteiger partial charge is 0.315 e. The summed E-state index contributed by atoms with van der Waals surface area (Å²) in [6.45, 7) is 8.19. The van der Waals surface area contributed by atoms with Crippen molar-refractivity contribution >= 4 is 28.4 Å². The van der Waals surface area contributed by atoms with E-state index in [1.165, 1.54) is 6.33 Å². The minimum atomic E-state index is -0.295. The zero-order chi connectivity index (χ0) is 25.5.